The zero-order valence-electron chi connectivity index (χ0n) is 3.39. The van der Waals surface area contributed by atoms with Gasteiger partial charge in [0.05, 0.1) is 0 Å². The SMILES string of the molecule is N#C[NH][Pb][NH]C#N. The molecule has 0 fully saturated rings. The van der Waals surface area contributed by atoms with Crippen LogP contribution < -0.4 is 6.25 Å². The summed E-state index contributed by atoms with van der Waals surface area (Å²) in [6.07, 6.45) is 3.45. The van der Waals surface area contributed by atoms with Crippen molar-refractivity contribution in [1.82, 2.24) is 6.25 Å². The molecule has 0 aliphatic carbocycles. The van der Waals surface area contributed by atoms with E-state index in [2.05, 4.69) is 6.25 Å². The summed E-state index contributed by atoms with van der Waals surface area (Å²) in [6, 6.07) is 0. The van der Waals surface area contributed by atoms with Gasteiger partial charge in [-0.1, -0.05) is 0 Å². The molecule has 2 radical (unpaired) electrons. The molecule has 0 saturated carbocycles. The number of nitriles is 2. The van der Waals surface area contributed by atoms with E-state index in [-0.39, 0.29) is 0 Å². The summed E-state index contributed by atoms with van der Waals surface area (Å²) in [5.41, 5.74) is 0. The summed E-state index contributed by atoms with van der Waals surface area (Å²) < 4.78 is 4.83. The molecule has 0 aromatic carbocycles. The van der Waals surface area contributed by atoms with Crippen LogP contribution in [-0.2, 0) is 0 Å². The van der Waals surface area contributed by atoms with Gasteiger partial charge in [0, 0.05) is 0 Å². The summed E-state index contributed by atoms with van der Waals surface area (Å²) in [4.78, 5) is 0. The van der Waals surface area contributed by atoms with Gasteiger partial charge in [0.2, 0.25) is 0 Å². The van der Waals surface area contributed by atoms with Crippen molar-refractivity contribution < 1.29 is 0 Å². The van der Waals surface area contributed by atoms with Gasteiger partial charge in [-0.2, -0.15) is 0 Å². The molecule has 7 heavy (non-hydrogen) atoms. The predicted molar refractivity (Wildman–Crippen MR) is 23.3 cm³/mol. The van der Waals surface area contributed by atoms with E-state index in [9.17, 15) is 0 Å². The average Bonchev–Trinajstić information content (AvgIpc) is 1.69. The third-order valence-electron chi connectivity index (χ3n) is 0.237. The fourth-order valence-corrected chi connectivity index (χ4v) is 0.765. The molecule has 0 aliphatic rings. The Morgan fingerprint density at radius 3 is 1.86 bits per heavy atom. The molecule has 5 heteroatoms. The van der Waals surface area contributed by atoms with Crippen molar-refractivity contribution in [3.63, 3.8) is 0 Å². The minimum absolute atomic E-state index is 1.22. The minimum atomic E-state index is -1.22. The fraction of sp³-hybridized carbons (Fsp3) is 0. The molecule has 0 atom stereocenters. The summed E-state index contributed by atoms with van der Waals surface area (Å²) >= 11 is -1.22. The van der Waals surface area contributed by atoms with Gasteiger partial charge in [-0.15, -0.1) is 0 Å². The van der Waals surface area contributed by atoms with Gasteiger partial charge in [-0.05, 0) is 0 Å². The van der Waals surface area contributed by atoms with Crippen molar-refractivity contribution in [3.8, 4) is 12.4 Å². The molecule has 0 unspecified atom stereocenters. The van der Waals surface area contributed by atoms with E-state index in [0.717, 1.165) is 0 Å². The molecule has 4 nitrogen and oxygen atoms in total. The van der Waals surface area contributed by atoms with E-state index in [1.54, 1.807) is 12.4 Å². The first-order valence-electron chi connectivity index (χ1n) is 1.45. The van der Waals surface area contributed by atoms with Crippen LogP contribution >= 0.6 is 0 Å². The zero-order chi connectivity index (χ0) is 5.54. The van der Waals surface area contributed by atoms with Gasteiger partial charge in [0.15, 0.2) is 0 Å². The molecule has 0 rings (SSSR count). The van der Waals surface area contributed by atoms with Gasteiger partial charge in [0.25, 0.3) is 0 Å². The molecule has 0 saturated heterocycles. The van der Waals surface area contributed by atoms with Crippen molar-refractivity contribution in [2.75, 3.05) is 0 Å². The first-order valence-corrected chi connectivity index (χ1v) is 5.33. The first kappa shape index (κ1) is 6.50. The van der Waals surface area contributed by atoms with Crippen LogP contribution in [0, 0.1) is 22.9 Å². The predicted octanol–water partition coefficient (Wildman–Crippen LogP) is -1.34. The van der Waals surface area contributed by atoms with E-state index in [4.69, 9.17) is 10.5 Å². The second-order valence-electron chi connectivity index (χ2n) is 0.599. The Bertz CT molecular complexity index is 93.8. The molecular weight excluding hydrogens is 287 g/mol. The van der Waals surface area contributed by atoms with Gasteiger partial charge in [0.1, 0.15) is 0 Å². The molecule has 0 amide bonds. The standard InChI is InChI=1S/2CHN2.Pb/c2*2-1-3;/h2*2H;/q2*-1;+2. The maximum atomic E-state index is 7.83. The first-order chi connectivity index (χ1) is 3.41. The van der Waals surface area contributed by atoms with Crippen molar-refractivity contribution in [2.45, 2.75) is 0 Å². The molecular formula is C2H2N4Pb. The number of hydrogen-bond acceptors (Lipinski definition) is 4. The number of rotatable bonds is 2. The van der Waals surface area contributed by atoms with Crippen LogP contribution in [0.15, 0.2) is 0 Å². The van der Waals surface area contributed by atoms with Crippen molar-refractivity contribution in [1.29, 1.82) is 10.5 Å². The van der Waals surface area contributed by atoms with E-state index >= 15 is 0 Å². The van der Waals surface area contributed by atoms with Gasteiger partial charge in [-0.25, -0.2) is 0 Å². The summed E-state index contributed by atoms with van der Waals surface area (Å²) in [5.74, 6) is 0. The number of nitrogens with zero attached hydrogens (tertiary/aromatic N) is 2. The van der Waals surface area contributed by atoms with Crippen molar-refractivity contribution >= 4 is 24.8 Å². The summed E-state index contributed by atoms with van der Waals surface area (Å²) in [5, 5.41) is 15.7. The zero-order valence-corrected chi connectivity index (χ0v) is 7.28. The molecule has 0 aromatic rings. The Morgan fingerprint density at radius 1 is 1.14 bits per heavy atom. The van der Waals surface area contributed by atoms with Crippen molar-refractivity contribution in [3.05, 3.63) is 0 Å². The average molecular weight is 289 g/mol. The molecule has 0 aromatic heterocycles. The molecule has 0 bridgehead atoms. The fourth-order valence-electron chi connectivity index (χ4n) is 0.0872. The molecule has 0 aliphatic heterocycles. The van der Waals surface area contributed by atoms with Crippen LogP contribution in [0.3, 0.4) is 0 Å². The van der Waals surface area contributed by atoms with Gasteiger partial charge >= 0.3 is 54.0 Å². The summed E-state index contributed by atoms with van der Waals surface area (Å²) in [6.45, 7) is 0. The number of hydrogen-bond donors (Lipinski definition) is 2. The Labute approximate surface area is 54.2 Å². The Balaban J connectivity index is 2.77. The normalized spacial score (nSPS) is 5.43. The second kappa shape index (κ2) is 5.50. The van der Waals surface area contributed by atoms with E-state index in [0.29, 0.717) is 0 Å². The van der Waals surface area contributed by atoms with Crippen LogP contribution in [-0.4, -0.2) is 24.8 Å². The Kier molecular flexibility index (Phi) is 5.11. The van der Waals surface area contributed by atoms with Crippen molar-refractivity contribution in [2.24, 2.45) is 0 Å². The van der Waals surface area contributed by atoms with E-state index in [1.807, 2.05) is 0 Å². The maximum absolute atomic E-state index is 7.83. The number of nitrogens with one attached hydrogen (secondary N) is 2. The van der Waals surface area contributed by atoms with Gasteiger partial charge in [-0.3, -0.25) is 0 Å². The van der Waals surface area contributed by atoms with Crippen LogP contribution in [0.4, 0.5) is 0 Å². The van der Waals surface area contributed by atoms with Crippen LogP contribution in [0.2, 0.25) is 0 Å². The Hall–Kier alpha value is -0.498. The molecule has 2 N–H and O–H groups in total. The monoisotopic (exact) mass is 290 g/mol. The van der Waals surface area contributed by atoms with E-state index in [1.165, 1.54) is 0 Å². The second-order valence-corrected chi connectivity index (χ2v) is 3.51. The molecule has 0 spiro atoms. The quantitative estimate of drug-likeness (QED) is 0.286. The van der Waals surface area contributed by atoms with Gasteiger partial charge < -0.3 is 0 Å². The molecule has 34 valence electrons. The molecule has 0 heterocycles. The summed E-state index contributed by atoms with van der Waals surface area (Å²) in [7, 11) is 0. The van der Waals surface area contributed by atoms with Crippen LogP contribution in [0.1, 0.15) is 0 Å². The topological polar surface area (TPSA) is 71.6 Å². The van der Waals surface area contributed by atoms with Crippen LogP contribution in [0.5, 0.6) is 0 Å². The third kappa shape index (κ3) is 5.50. The van der Waals surface area contributed by atoms with E-state index < -0.39 is 24.8 Å². The van der Waals surface area contributed by atoms with Crippen LogP contribution in [0.25, 0.3) is 0 Å². The third-order valence-corrected chi connectivity index (χ3v) is 2.08. The Morgan fingerprint density at radius 2 is 1.57 bits per heavy atom.